The van der Waals surface area contributed by atoms with Crippen LogP contribution in [0.1, 0.15) is 24.1 Å². The molecule has 0 fully saturated rings. The van der Waals surface area contributed by atoms with Crippen LogP contribution in [-0.4, -0.2) is 38.3 Å². The lowest BCUT2D eigenvalue weighted by atomic mass is 10.0. The number of hydrogen-bond acceptors (Lipinski definition) is 3. The van der Waals surface area contributed by atoms with Crippen LogP contribution in [0.4, 0.5) is 0 Å². The molecule has 0 amide bonds. The Labute approximate surface area is 118 Å². The molecule has 1 aromatic rings. The van der Waals surface area contributed by atoms with Crippen LogP contribution < -0.4 is 5.73 Å². The lowest BCUT2D eigenvalue weighted by Gasteiger charge is -2.30. The number of nitrogens with two attached hydrogens (primary N) is 1. The summed E-state index contributed by atoms with van der Waals surface area (Å²) in [6.45, 7) is 7.45. The zero-order chi connectivity index (χ0) is 13.5. The Hall–Kier alpha value is -0.420. The van der Waals surface area contributed by atoms with Crippen molar-refractivity contribution >= 4 is 15.9 Å². The summed E-state index contributed by atoms with van der Waals surface area (Å²) in [6, 6.07) is 6.67. The van der Waals surface area contributed by atoms with Gasteiger partial charge in [0, 0.05) is 30.7 Å². The van der Waals surface area contributed by atoms with E-state index in [0.29, 0.717) is 6.54 Å². The predicted molar refractivity (Wildman–Crippen MR) is 79.8 cm³/mol. The van der Waals surface area contributed by atoms with Crippen LogP contribution in [0.3, 0.4) is 0 Å². The Morgan fingerprint density at radius 2 is 2.17 bits per heavy atom. The largest absolute Gasteiger partial charge is 0.383 e. The summed E-state index contributed by atoms with van der Waals surface area (Å²) in [6.07, 6.45) is 0. The average molecular weight is 315 g/mol. The molecule has 0 radical (unpaired) electrons. The molecule has 1 unspecified atom stereocenters. The highest BCUT2D eigenvalue weighted by Crippen LogP contribution is 2.28. The SMILES string of the molecule is CCN(CCOC)C(CN)c1ccc(C)cc1Br. The van der Waals surface area contributed by atoms with Gasteiger partial charge < -0.3 is 10.5 Å². The van der Waals surface area contributed by atoms with Crippen molar-refractivity contribution in [2.45, 2.75) is 19.9 Å². The lowest BCUT2D eigenvalue weighted by Crippen LogP contribution is -2.36. The van der Waals surface area contributed by atoms with Gasteiger partial charge in [-0.2, -0.15) is 0 Å². The van der Waals surface area contributed by atoms with Gasteiger partial charge >= 0.3 is 0 Å². The first-order valence-corrected chi connectivity index (χ1v) is 7.12. The zero-order valence-electron chi connectivity index (χ0n) is 11.4. The van der Waals surface area contributed by atoms with Gasteiger partial charge in [0.2, 0.25) is 0 Å². The smallest absolute Gasteiger partial charge is 0.0589 e. The zero-order valence-corrected chi connectivity index (χ0v) is 13.0. The maximum absolute atomic E-state index is 5.96. The van der Waals surface area contributed by atoms with Crippen molar-refractivity contribution in [2.24, 2.45) is 5.73 Å². The molecule has 0 saturated heterocycles. The molecule has 0 saturated carbocycles. The summed E-state index contributed by atoms with van der Waals surface area (Å²) in [7, 11) is 1.73. The molecular weight excluding hydrogens is 292 g/mol. The molecule has 102 valence electrons. The first-order valence-electron chi connectivity index (χ1n) is 6.33. The molecule has 0 aromatic heterocycles. The number of ether oxygens (including phenoxy) is 1. The number of rotatable bonds is 7. The van der Waals surface area contributed by atoms with Crippen LogP contribution >= 0.6 is 15.9 Å². The van der Waals surface area contributed by atoms with Gasteiger partial charge in [-0.3, -0.25) is 4.90 Å². The highest BCUT2D eigenvalue weighted by molar-refractivity contribution is 9.10. The second-order valence-corrected chi connectivity index (χ2v) is 5.25. The van der Waals surface area contributed by atoms with E-state index in [1.54, 1.807) is 7.11 Å². The monoisotopic (exact) mass is 314 g/mol. The van der Waals surface area contributed by atoms with Crippen molar-refractivity contribution in [2.75, 3.05) is 33.4 Å². The Morgan fingerprint density at radius 3 is 2.67 bits per heavy atom. The number of methoxy groups -OCH3 is 1. The molecular formula is C14H23BrN2O. The maximum Gasteiger partial charge on any atom is 0.0589 e. The molecule has 1 rings (SSSR count). The first-order chi connectivity index (χ1) is 8.63. The van der Waals surface area contributed by atoms with Crippen molar-refractivity contribution in [3.8, 4) is 0 Å². The van der Waals surface area contributed by atoms with Gasteiger partial charge in [0.1, 0.15) is 0 Å². The molecule has 1 atom stereocenters. The van der Waals surface area contributed by atoms with E-state index in [4.69, 9.17) is 10.5 Å². The number of benzene rings is 1. The maximum atomic E-state index is 5.96. The van der Waals surface area contributed by atoms with Gasteiger partial charge in [-0.1, -0.05) is 35.0 Å². The van der Waals surface area contributed by atoms with Gasteiger partial charge in [0.05, 0.1) is 6.61 Å². The molecule has 1 aromatic carbocycles. The third-order valence-electron chi connectivity index (χ3n) is 3.17. The van der Waals surface area contributed by atoms with Crippen LogP contribution in [-0.2, 0) is 4.74 Å². The van der Waals surface area contributed by atoms with Crippen LogP contribution in [0.25, 0.3) is 0 Å². The van der Waals surface area contributed by atoms with E-state index in [-0.39, 0.29) is 6.04 Å². The summed E-state index contributed by atoms with van der Waals surface area (Å²) >= 11 is 3.64. The standard InChI is InChI=1S/C14H23BrN2O/c1-4-17(7-8-18-3)14(10-16)12-6-5-11(2)9-13(12)15/h5-6,9,14H,4,7-8,10,16H2,1-3H3. The van der Waals surface area contributed by atoms with E-state index in [1.807, 2.05) is 0 Å². The third kappa shape index (κ3) is 4.05. The summed E-state index contributed by atoms with van der Waals surface area (Å²) in [5.74, 6) is 0. The second-order valence-electron chi connectivity index (χ2n) is 4.40. The molecule has 0 aliphatic heterocycles. The minimum absolute atomic E-state index is 0.236. The molecule has 3 nitrogen and oxygen atoms in total. The number of likely N-dealkylation sites (N-methyl/N-ethyl adjacent to an activating group) is 1. The van der Waals surface area contributed by atoms with E-state index in [1.165, 1.54) is 11.1 Å². The molecule has 0 spiro atoms. The second kappa shape index (κ2) is 7.89. The van der Waals surface area contributed by atoms with Crippen molar-refractivity contribution in [3.05, 3.63) is 33.8 Å². The van der Waals surface area contributed by atoms with Crippen LogP contribution in [0, 0.1) is 6.92 Å². The molecule has 4 heteroatoms. The van der Waals surface area contributed by atoms with E-state index in [0.717, 1.165) is 24.2 Å². The minimum atomic E-state index is 0.236. The summed E-state index contributed by atoms with van der Waals surface area (Å²) in [4.78, 5) is 2.35. The van der Waals surface area contributed by atoms with Gasteiger partial charge in [0.25, 0.3) is 0 Å². The Morgan fingerprint density at radius 1 is 1.44 bits per heavy atom. The van der Waals surface area contributed by atoms with Crippen molar-refractivity contribution in [1.29, 1.82) is 0 Å². The molecule has 0 bridgehead atoms. The van der Waals surface area contributed by atoms with Crippen molar-refractivity contribution in [3.63, 3.8) is 0 Å². The normalized spacial score (nSPS) is 13.0. The number of nitrogens with zero attached hydrogens (tertiary/aromatic N) is 1. The van der Waals surface area contributed by atoms with Gasteiger partial charge in [-0.05, 0) is 30.7 Å². The van der Waals surface area contributed by atoms with E-state index < -0.39 is 0 Å². The van der Waals surface area contributed by atoms with Crippen LogP contribution in [0.5, 0.6) is 0 Å². The lowest BCUT2D eigenvalue weighted by molar-refractivity contribution is 0.125. The third-order valence-corrected chi connectivity index (χ3v) is 3.85. The molecule has 18 heavy (non-hydrogen) atoms. The average Bonchev–Trinajstić information content (AvgIpc) is 2.36. The Kier molecular flexibility index (Phi) is 6.86. The Balaban J connectivity index is 2.92. The molecule has 0 heterocycles. The first kappa shape index (κ1) is 15.6. The number of halogens is 1. The van der Waals surface area contributed by atoms with Gasteiger partial charge in [-0.15, -0.1) is 0 Å². The minimum Gasteiger partial charge on any atom is -0.383 e. The molecule has 2 N–H and O–H groups in total. The van der Waals surface area contributed by atoms with Gasteiger partial charge in [0.15, 0.2) is 0 Å². The Bertz CT molecular complexity index is 371. The van der Waals surface area contributed by atoms with Crippen molar-refractivity contribution < 1.29 is 4.74 Å². The van der Waals surface area contributed by atoms with Gasteiger partial charge in [-0.25, -0.2) is 0 Å². The highest BCUT2D eigenvalue weighted by atomic mass is 79.9. The van der Waals surface area contributed by atoms with E-state index in [2.05, 4.69) is 52.9 Å². The predicted octanol–water partition coefficient (Wildman–Crippen LogP) is 2.73. The summed E-state index contributed by atoms with van der Waals surface area (Å²) < 4.78 is 6.29. The number of hydrogen-bond donors (Lipinski definition) is 1. The summed E-state index contributed by atoms with van der Waals surface area (Å²) in [5, 5.41) is 0. The molecule has 0 aliphatic carbocycles. The fourth-order valence-electron chi connectivity index (χ4n) is 2.12. The molecule has 0 aliphatic rings. The fraction of sp³-hybridized carbons (Fsp3) is 0.571. The van der Waals surface area contributed by atoms with Crippen LogP contribution in [0.15, 0.2) is 22.7 Å². The number of aryl methyl sites for hydroxylation is 1. The van der Waals surface area contributed by atoms with Crippen molar-refractivity contribution in [1.82, 2.24) is 4.90 Å². The fourth-order valence-corrected chi connectivity index (χ4v) is 2.88. The summed E-state index contributed by atoms with van der Waals surface area (Å²) in [5.41, 5.74) is 8.46. The van der Waals surface area contributed by atoms with E-state index >= 15 is 0 Å². The topological polar surface area (TPSA) is 38.5 Å². The highest BCUT2D eigenvalue weighted by Gasteiger charge is 2.19. The van der Waals surface area contributed by atoms with Crippen LogP contribution in [0.2, 0.25) is 0 Å². The quantitative estimate of drug-likeness (QED) is 0.841. The van der Waals surface area contributed by atoms with E-state index in [9.17, 15) is 0 Å².